The van der Waals surface area contributed by atoms with E-state index in [1.165, 1.54) is 0 Å². The number of anilines is 1. The number of nitriles is 1. The topological polar surface area (TPSA) is 66.9 Å². The Bertz CT molecular complexity index is 396. The van der Waals surface area contributed by atoms with E-state index in [1.54, 1.807) is 18.2 Å². The third kappa shape index (κ3) is 2.48. The molecule has 0 spiro atoms. The predicted octanol–water partition coefficient (Wildman–Crippen LogP) is 1.49. The minimum atomic E-state index is -0.0595. The minimum Gasteiger partial charge on any atom is -0.398 e. The second-order valence-corrected chi connectivity index (χ2v) is 3.15. The first-order valence-corrected chi connectivity index (χ1v) is 4.57. The van der Waals surface area contributed by atoms with Crippen LogP contribution in [0.1, 0.15) is 11.1 Å². The molecule has 4 heteroatoms. The number of hydrogen-bond acceptors (Lipinski definition) is 3. The number of halogens is 1. The first kappa shape index (κ1) is 10.6. The van der Waals surface area contributed by atoms with Gasteiger partial charge in [0.1, 0.15) is 6.07 Å². The summed E-state index contributed by atoms with van der Waals surface area (Å²) in [5, 5.41) is 8.62. The summed E-state index contributed by atoms with van der Waals surface area (Å²) in [5.41, 5.74) is 7.19. The Balaban J connectivity index is 2.88. The van der Waals surface area contributed by atoms with Gasteiger partial charge in [0.05, 0.1) is 11.4 Å². The Hall–Kier alpha value is -1.53. The van der Waals surface area contributed by atoms with Crippen LogP contribution in [0.25, 0.3) is 0 Å². The summed E-state index contributed by atoms with van der Waals surface area (Å²) >= 11 is 5.37. The van der Waals surface area contributed by atoms with Crippen LogP contribution in [0.2, 0.25) is 0 Å². The van der Waals surface area contributed by atoms with Crippen LogP contribution in [0.3, 0.4) is 0 Å². The van der Waals surface area contributed by atoms with Crippen molar-refractivity contribution < 1.29 is 4.79 Å². The van der Waals surface area contributed by atoms with Gasteiger partial charge < -0.3 is 5.73 Å². The van der Waals surface area contributed by atoms with Gasteiger partial charge in [-0.1, -0.05) is 6.07 Å². The Morgan fingerprint density at radius 3 is 2.79 bits per heavy atom. The van der Waals surface area contributed by atoms with Gasteiger partial charge in [-0.2, -0.15) is 5.26 Å². The second-order valence-electron chi connectivity index (χ2n) is 2.88. The number of carbonyl (C=O) groups is 1. The molecule has 0 radical (unpaired) electrons. The molecule has 0 amide bonds. The molecule has 0 aliphatic carbocycles. The minimum absolute atomic E-state index is 0.0000931. The zero-order valence-electron chi connectivity index (χ0n) is 7.46. The van der Waals surface area contributed by atoms with E-state index in [0.717, 1.165) is 5.56 Å². The maximum atomic E-state index is 11.0. The highest BCUT2D eigenvalue weighted by Gasteiger charge is 2.04. The number of benzene rings is 1. The van der Waals surface area contributed by atoms with Crippen molar-refractivity contribution in [2.45, 2.75) is 6.42 Å². The SMILES string of the molecule is N#Cc1ccc(CC(=O)CCl)cc1N. The fraction of sp³-hybridized carbons (Fsp3) is 0.200. The van der Waals surface area contributed by atoms with Crippen molar-refractivity contribution in [3.63, 3.8) is 0 Å². The Morgan fingerprint density at radius 2 is 2.29 bits per heavy atom. The molecule has 0 saturated carbocycles. The summed E-state index contributed by atoms with van der Waals surface area (Å²) < 4.78 is 0. The van der Waals surface area contributed by atoms with Gasteiger partial charge >= 0.3 is 0 Å². The molecule has 0 aromatic heterocycles. The Labute approximate surface area is 87.1 Å². The summed E-state index contributed by atoms with van der Waals surface area (Å²) in [5.74, 6) is -0.0596. The normalized spacial score (nSPS) is 9.43. The molecule has 1 aromatic rings. The van der Waals surface area contributed by atoms with E-state index in [-0.39, 0.29) is 18.1 Å². The summed E-state index contributed by atoms with van der Waals surface area (Å²) in [4.78, 5) is 11.0. The molecule has 0 heterocycles. The third-order valence-electron chi connectivity index (χ3n) is 1.79. The van der Waals surface area contributed by atoms with Gasteiger partial charge in [-0.25, -0.2) is 0 Å². The van der Waals surface area contributed by atoms with Gasteiger partial charge in [0.15, 0.2) is 5.78 Å². The zero-order chi connectivity index (χ0) is 10.6. The highest BCUT2D eigenvalue weighted by Crippen LogP contribution is 2.13. The van der Waals surface area contributed by atoms with Crippen LogP contribution >= 0.6 is 11.6 Å². The van der Waals surface area contributed by atoms with Crippen LogP contribution < -0.4 is 5.73 Å². The smallest absolute Gasteiger partial charge is 0.151 e. The Morgan fingerprint density at radius 1 is 1.57 bits per heavy atom. The maximum absolute atomic E-state index is 11.0. The summed E-state index contributed by atoms with van der Waals surface area (Å²) in [6.45, 7) is 0. The first-order valence-electron chi connectivity index (χ1n) is 4.03. The first-order chi connectivity index (χ1) is 6.67. The van der Waals surface area contributed by atoms with Crippen LogP contribution in [0.4, 0.5) is 5.69 Å². The van der Waals surface area contributed by atoms with Gasteiger partial charge in [0.25, 0.3) is 0 Å². The molecule has 0 unspecified atom stereocenters. The molecule has 1 aromatic carbocycles. The number of carbonyl (C=O) groups excluding carboxylic acids is 1. The number of nitrogens with two attached hydrogens (primary N) is 1. The molecule has 3 nitrogen and oxygen atoms in total. The van der Waals surface area contributed by atoms with Crippen molar-refractivity contribution in [3.05, 3.63) is 29.3 Å². The molecule has 72 valence electrons. The van der Waals surface area contributed by atoms with Crippen molar-refractivity contribution in [3.8, 4) is 6.07 Å². The molecule has 2 N–H and O–H groups in total. The van der Waals surface area contributed by atoms with E-state index in [2.05, 4.69) is 0 Å². The van der Waals surface area contributed by atoms with Crippen LogP contribution in [-0.2, 0) is 11.2 Å². The molecular weight excluding hydrogens is 200 g/mol. The van der Waals surface area contributed by atoms with Crippen molar-refractivity contribution in [1.29, 1.82) is 5.26 Å². The van der Waals surface area contributed by atoms with E-state index in [9.17, 15) is 4.79 Å². The fourth-order valence-electron chi connectivity index (χ4n) is 1.10. The predicted molar refractivity (Wildman–Crippen MR) is 55.0 cm³/mol. The number of hydrogen-bond donors (Lipinski definition) is 1. The highest BCUT2D eigenvalue weighted by atomic mass is 35.5. The lowest BCUT2D eigenvalue weighted by molar-refractivity contribution is -0.116. The third-order valence-corrected chi connectivity index (χ3v) is 2.08. The summed E-state index contributed by atoms with van der Waals surface area (Å²) in [7, 11) is 0. The molecule has 1 rings (SSSR count). The standard InChI is InChI=1S/C10H9ClN2O/c11-5-9(14)3-7-1-2-8(6-12)10(13)4-7/h1-2,4H,3,5,13H2. The molecule has 14 heavy (non-hydrogen) atoms. The van der Waals surface area contributed by atoms with E-state index in [1.807, 2.05) is 6.07 Å². The average molecular weight is 209 g/mol. The number of Topliss-reactive ketones (excluding diaryl/α,β-unsaturated/α-hetero) is 1. The number of alkyl halides is 1. The van der Waals surface area contributed by atoms with Crippen molar-refractivity contribution >= 4 is 23.1 Å². The molecule has 0 bridgehead atoms. The van der Waals surface area contributed by atoms with E-state index in [4.69, 9.17) is 22.6 Å². The molecule has 0 aliphatic rings. The maximum Gasteiger partial charge on any atom is 0.151 e. The molecule has 0 fully saturated rings. The van der Waals surface area contributed by atoms with Gasteiger partial charge in [-0.05, 0) is 17.7 Å². The average Bonchev–Trinajstić information content (AvgIpc) is 2.18. The highest BCUT2D eigenvalue weighted by molar-refractivity contribution is 6.27. The molecule has 0 saturated heterocycles. The van der Waals surface area contributed by atoms with Crippen LogP contribution in [0.5, 0.6) is 0 Å². The summed E-state index contributed by atoms with van der Waals surface area (Å²) in [6, 6.07) is 6.89. The monoisotopic (exact) mass is 208 g/mol. The lowest BCUT2D eigenvalue weighted by atomic mass is 10.1. The number of nitrogen functional groups attached to an aromatic ring is 1. The van der Waals surface area contributed by atoms with E-state index in [0.29, 0.717) is 11.3 Å². The van der Waals surface area contributed by atoms with Crippen molar-refractivity contribution in [2.24, 2.45) is 0 Å². The molecular formula is C10H9ClN2O. The van der Waals surface area contributed by atoms with Crippen LogP contribution in [-0.4, -0.2) is 11.7 Å². The largest absolute Gasteiger partial charge is 0.398 e. The van der Waals surface area contributed by atoms with Gasteiger partial charge in [-0.3, -0.25) is 4.79 Å². The van der Waals surface area contributed by atoms with E-state index < -0.39 is 0 Å². The fourth-order valence-corrected chi connectivity index (χ4v) is 1.19. The number of rotatable bonds is 3. The molecule has 0 aliphatic heterocycles. The van der Waals surface area contributed by atoms with Crippen LogP contribution in [0, 0.1) is 11.3 Å². The summed E-state index contributed by atoms with van der Waals surface area (Å²) in [6.07, 6.45) is 0.263. The van der Waals surface area contributed by atoms with E-state index >= 15 is 0 Å². The number of nitrogens with zero attached hydrogens (tertiary/aromatic N) is 1. The number of ketones is 1. The molecule has 0 atom stereocenters. The lowest BCUT2D eigenvalue weighted by Crippen LogP contribution is -2.04. The van der Waals surface area contributed by atoms with Crippen molar-refractivity contribution in [1.82, 2.24) is 0 Å². The lowest BCUT2D eigenvalue weighted by Gasteiger charge is -2.01. The van der Waals surface area contributed by atoms with Gasteiger partial charge in [-0.15, -0.1) is 11.6 Å². The quantitative estimate of drug-likeness (QED) is 0.605. The van der Waals surface area contributed by atoms with Gasteiger partial charge in [0.2, 0.25) is 0 Å². The van der Waals surface area contributed by atoms with Crippen molar-refractivity contribution in [2.75, 3.05) is 11.6 Å². The van der Waals surface area contributed by atoms with Gasteiger partial charge in [0, 0.05) is 12.1 Å². The van der Waals surface area contributed by atoms with Crippen LogP contribution in [0.15, 0.2) is 18.2 Å². The Kier molecular flexibility index (Phi) is 3.49. The zero-order valence-corrected chi connectivity index (χ0v) is 8.21. The second kappa shape index (κ2) is 4.64.